The van der Waals surface area contributed by atoms with Crippen LogP contribution in [0.4, 0.5) is 5.69 Å². The largest absolute Gasteiger partial charge is 0.321 e. The smallest absolute Gasteiger partial charge is 0.276 e. The Hall–Kier alpha value is -2.72. The van der Waals surface area contributed by atoms with Crippen LogP contribution in [0.2, 0.25) is 0 Å². The van der Waals surface area contributed by atoms with Crippen molar-refractivity contribution in [3.8, 4) is 0 Å². The average molecular weight is 505 g/mol. The summed E-state index contributed by atoms with van der Waals surface area (Å²) in [6.07, 6.45) is 8.92. The van der Waals surface area contributed by atoms with Crippen molar-refractivity contribution in [3.05, 3.63) is 81.5 Å². The van der Waals surface area contributed by atoms with Gasteiger partial charge in [0, 0.05) is 24.3 Å². The van der Waals surface area contributed by atoms with Crippen molar-refractivity contribution >= 4 is 43.5 Å². The van der Waals surface area contributed by atoms with Gasteiger partial charge in [-0.2, -0.15) is 15.3 Å². The Balaban J connectivity index is 1.41. The van der Waals surface area contributed by atoms with Gasteiger partial charge in [-0.15, -0.1) is 0 Å². The summed E-state index contributed by atoms with van der Waals surface area (Å²) in [5.41, 5.74) is 2.08. The number of carbonyl (C=O) groups excluding carboxylic acids is 1. The molecule has 0 saturated carbocycles. The Morgan fingerprint density at radius 2 is 1.75 bits per heavy atom. The van der Waals surface area contributed by atoms with E-state index >= 15 is 0 Å². The average Bonchev–Trinajstić information content (AvgIpc) is 3.38. The highest BCUT2D eigenvalue weighted by Gasteiger charge is 2.11. The lowest BCUT2D eigenvalue weighted by Crippen LogP contribution is -2.15. The maximum Gasteiger partial charge on any atom is 0.276 e. The summed E-state index contributed by atoms with van der Waals surface area (Å²) in [6, 6.07) is 9.34. The number of amides is 1. The van der Waals surface area contributed by atoms with Gasteiger partial charge in [-0.05, 0) is 55.6 Å². The number of carbonyl (C=O) groups is 1. The first kappa shape index (κ1) is 18.6. The Kier molecular flexibility index (Phi) is 5.40. The topological polar surface area (TPSA) is 82.6 Å². The van der Waals surface area contributed by atoms with Crippen LogP contribution in [0, 0.1) is 0 Å². The molecular weight excluding hydrogens is 490 g/mol. The van der Waals surface area contributed by atoms with Crippen LogP contribution < -0.4 is 5.32 Å². The molecule has 4 rings (SSSR count). The summed E-state index contributed by atoms with van der Waals surface area (Å²) in [5.74, 6) is -0.264. The number of rotatable bonds is 6. The fraction of sp³-hybridized carbons (Fsp3) is 0.111. The van der Waals surface area contributed by atoms with Crippen LogP contribution in [-0.2, 0) is 13.2 Å². The Labute approximate surface area is 177 Å². The third-order valence-electron chi connectivity index (χ3n) is 3.90. The molecule has 3 heterocycles. The maximum atomic E-state index is 12.5. The molecular formula is C18H15Br2N7O. The lowest BCUT2D eigenvalue weighted by Gasteiger charge is -2.07. The fourth-order valence-corrected chi connectivity index (χ4v) is 3.34. The van der Waals surface area contributed by atoms with Gasteiger partial charge in [0.2, 0.25) is 0 Å². The van der Waals surface area contributed by atoms with Crippen LogP contribution in [0.1, 0.15) is 16.1 Å². The van der Waals surface area contributed by atoms with Crippen molar-refractivity contribution in [2.24, 2.45) is 0 Å². The molecule has 0 aliphatic heterocycles. The zero-order valence-corrected chi connectivity index (χ0v) is 17.7. The minimum Gasteiger partial charge on any atom is -0.321 e. The molecule has 142 valence electrons. The van der Waals surface area contributed by atoms with Crippen molar-refractivity contribution in [2.75, 3.05) is 5.32 Å². The Bertz CT molecular complexity index is 1110. The van der Waals surface area contributed by atoms with Gasteiger partial charge in [0.15, 0.2) is 5.69 Å². The molecule has 0 aliphatic carbocycles. The van der Waals surface area contributed by atoms with E-state index < -0.39 is 0 Å². The van der Waals surface area contributed by atoms with Gasteiger partial charge in [0.05, 0.1) is 27.9 Å². The van der Waals surface area contributed by atoms with E-state index in [2.05, 4.69) is 52.5 Å². The minimum absolute atomic E-state index is 0.264. The first-order valence-corrected chi connectivity index (χ1v) is 9.93. The monoisotopic (exact) mass is 503 g/mol. The molecule has 1 amide bonds. The zero-order chi connectivity index (χ0) is 19.5. The van der Waals surface area contributed by atoms with Gasteiger partial charge in [0.25, 0.3) is 5.91 Å². The highest BCUT2D eigenvalue weighted by Crippen LogP contribution is 2.14. The molecule has 0 atom stereocenters. The van der Waals surface area contributed by atoms with Gasteiger partial charge < -0.3 is 5.32 Å². The van der Waals surface area contributed by atoms with Crippen LogP contribution in [0.15, 0.2) is 70.3 Å². The number of hydrogen-bond donors (Lipinski definition) is 1. The van der Waals surface area contributed by atoms with Gasteiger partial charge in [-0.25, -0.2) is 4.68 Å². The Morgan fingerprint density at radius 1 is 1.00 bits per heavy atom. The molecule has 0 fully saturated rings. The van der Waals surface area contributed by atoms with Crippen LogP contribution in [0.3, 0.4) is 0 Å². The van der Waals surface area contributed by atoms with Crippen LogP contribution in [0.25, 0.3) is 0 Å². The number of benzene rings is 1. The molecule has 1 aromatic carbocycles. The highest BCUT2D eigenvalue weighted by molar-refractivity contribution is 9.10. The molecule has 0 radical (unpaired) electrons. The number of nitrogens with zero attached hydrogens (tertiary/aromatic N) is 6. The summed E-state index contributed by atoms with van der Waals surface area (Å²) in [6.45, 7) is 1.04. The molecule has 4 aromatic rings. The fourth-order valence-electron chi connectivity index (χ4n) is 2.68. The van der Waals surface area contributed by atoms with E-state index in [1.165, 1.54) is 0 Å². The van der Waals surface area contributed by atoms with E-state index in [1.807, 2.05) is 41.3 Å². The number of hydrogen-bond acceptors (Lipinski definition) is 4. The second-order valence-electron chi connectivity index (χ2n) is 6.09. The molecule has 0 aliphatic rings. The molecule has 28 heavy (non-hydrogen) atoms. The number of halogens is 2. The van der Waals surface area contributed by atoms with Gasteiger partial charge in [0.1, 0.15) is 6.67 Å². The van der Waals surface area contributed by atoms with E-state index in [0.717, 1.165) is 14.5 Å². The van der Waals surface area contributed by atoms with E-state index in [4.69, 9.17) is 0 Å². The second-order valence-corrected chi connectivity index (χ2v) is 7.92. The third-order valence-corrected chi connectivity index (χ3v) is 4.71. The summed E-state index contributed by atoms with van der Waals surface area (Å²) in [4.78, 5) is 12.5. The van der Waals surface area contributed by atoms with E-state index in [1.54, 1.807) is 34.0 Å². The van der Waals surface area contributed by atoms with Crippen molar-refractivity contribution < 1.29 is 4.79 Å². The minimum atomic E-state index is -0.264. The molecule has 8 nitrogen and oxygen atoms in total. The van der Waals surface area contributed by atoms with E-state index in [0.29, 0.717) is 24.6 Å². The molecule has 10 heteroatoms. The van der Waals surface area contributed by atoms with E-state index in [9.17, 15) is 4.79 Å². The van der Waals surface area contributed by atoms with Gasteiger partial charge in [-0.3, -0.25) is 14.2 Å². The van der Waals surface area contributed by atoms with Crippen molar-refractivity contribution in [1.82, 2.24) is 29.3 Å². The standard InChI is InChI=1S/C18H15Br2N7O/c19-14-7-21-26(10-14)9-13-2-1-3-16(6-13)23-18(28)17-4-5-25(24-17)12-27-11-15(20)8-22-27/h1-8,10-11H,9,12H2,(H,23,28). The third kappa shape index (κ3) is 4.57. The SMILES string of the molecule is O=C(Nc1cccc(Cn2cc(Br)cn2)c1)c1ccn(Cn2cc(Br)cn2)n1. The lowest BCUT2D eigenvalue weighted by atomic mass is 10.2. The molecule has 0 bridgehead atoms. The van der Waals surface area contributed by atoms with Crippen molar-refractivity contribution in [1.29, 1.82) is 0 Å². The summed E-state index contributed by atoms with van der Waals surface area (Å²) < 4.78 is 7.01. The van der Waals surface area contributed by atoms with Gasteiger partial charge >= 0.3 is 0 Å². The highest BCUT2D eigenvalue weighted by atomic mass is 79.9. The Morgan fingerprint density at radius 3 is 2.46 bits per heavy atom. The van der Waals surface area contributed by atoms with Crippen molar-refractivity contribution in [2.45, 2.75) is 13.2 Å². The molecule has 3 aromatic heterocycles. The van der Waals surface area contributed by atoms with Gasteiger partial charge in [-0.1, -0.05) is 12.1 Å². The molecule has 0 spiro atoms. The normalized spacial score (nSPS) is 10.9. The number of aromatic nitrogens is 6. The second kappa shape index (κ2) is 8.11. The number of nitrogens with one attached hydrogen (secondary N) is 1. The first-order chi connectivity index (χ1) is 13.5. The predicted molar refractivity (Wildman–Crippen MR) is 111 cm³/mol. The quantitative estimate of drug-likeness (QED) is 0.435. The van der Waals surface area contributed by atoms with Crippen molar-refractivity contribution in [3.63, 3.8) is 0 Å². The molecule has 1 N–H and O–H groups in total. The van der Waals surface area contributed by atoms with Crippen LogP contribution in [0.5, 0.6) is 0 Å². The zero-order valence-electron chi connectivity index (χ0n) is 14.5. The maximum absolute atomic E-state index is 12.5. The summed E-state index contributed by atoms with van der Waals surface area (Å²) in [5, 5.41) is 15.6. The van der Waals surface area contributed by atoms with Crippen LogP contribution >= 0.6 is 31.9 Å². The first-order valence-electron chi connectivity index (χ1n) is 8.35. The lowest BCUT2D eigenvalue weighted by molar-refractivity contribution is 0.102. The molecule has 0 unspecified atom stereocenters. The summed E-state index contributed by atoms with van der Waals surface area (Å²) in [7, 11) is 0. The predicted octanol–water partition coefficient (Wildman–Crippen LogP) is 3.61. The van der Waals surface area contributed by atoms with E-state index in [-0.39, 0.29) is 5.91 Å². The summed E-state index contributed by atoms with van der Waals surface area (Å²) >= 11 is 6.74. The number of anilines is 1. The van der Waals surface area contributed by atoms with Crippen LogP contribution in [-0.4, -0.2) is 35.2 Å². The molecule has 0 saturated heterocycles.